The molecule has 4 atom stereocenters. The fourth-order valence-electron chi connectivity index (χ4n) is 3.88. The van der Waals surface area contributed by atoms with Gasteiger partial charge >= 0.3 is 0 Å². The van der Waals surface area contributed by atoms with Crippen LogP contribution >= 0.6 is 0 Å². The van der Waals surface area contributed by atoms with E-state index in [1.807, 2.05) is 0 Å². The largest absolute Gasteiger partial charge is 0.314 e. The third kappa shape index (κ3) is 3.14. The maximum atomic E-state index is 3.70. The highest BCUT2D eigenvalue weighted by Crippen LogP contribution is 2.30. The number of hydrogen-bond donors (Lipinski definition) is 1. The molecule has 3 rings (SSSR count). The van der Waals surface area contributed by atoms with Crippen LogP contribution < -0.4 is 5.32 Å². The zero-order chi connectivity index (χ0) is 13.4. The summed E-state index contributed by atoms with van der Waals surface area (Å²) in [4.78, 5) is 5.42. The average molecular weight is 265 g/mol. The van der Waals surface area contributed by atoms with Crippen LogP contribution in [0.25, 0.3) is 0 Å². The van der Waals surface area contributed by atoms with Gasteiger partial charge in [0.2, 0.25) is 0 Å². The minimum Gasteiger partial charge on any atom is -0.314 e. The summed E-state index contributed by atoms with van der Waals surface area (Å²) < 4.78 is 0. The van der Waals surface area contributed by atoms with Crippen LogP contribution in [0.5, 0.6) is 0 Å². The smallest absolute Gasteiger partial charge is 0.0223 e. The molecule has 1 N–H and O–H groups in total. The van der Waals surface area contributed by atoms with Crippen molar-refractivity contribution in [1.82, 2.24) is 15.1 Å². The summed E-state index contributed by atoms with van der Waals surface area (Å²) in [6.07, 6.45) is 7.03. The Hall–Kier alpha value is -0.120. The molecule has 4 unspecified atom stereocenters. The molecular weight excluding hydrogens is 234 g/mol. The number of likely N-dealkylation sites (tertiary alicyclic amines) is 1. The molecule has 110 valence electrons. The third-order valence-electron chi connectivity index (χ3n) is 5.89. The Bertz CT molecular complexity index is 302. The number of hydrogen-bond acceptors (Lipinski definition) is 3. The number of rotatable bonds is 5. The summed E-state index contributed by atoms with van der Waals surface area (Å²) in [6, 6.07) is 3.25. The van der Waals surface area contributed by atoms with Gasteiger partial charge in [0.25, 0.3) is 0 Å². The van der Waals surface area contributed by atoms with Crippen molar-refractivity contribution in [1.29, 1.82) is 0 Å². The first kappa shape index (κ1) is 13.8. The molecular formula is C16H31N3. The zero-order valence-electron chi connectivity index (χ0n) is 12.9. The van der Waals surface area contributed by atoms with E-state index in [9.17, 15) is 0 Å². The van der Waals surface area contributed by atoms with Gasteiger partial charge in [-0.3, -0.25) is 9.80 Å². The lowest BCUT2D eigenvalue weighted by Gasteiger charge is -2.34. The summed E-state index contributed by atoms with van der Waals surface area (Å²) in [7, 11) is 2.34. The fourth-order valence-corrected chi connectivity index (χ4v) is 3.88. The normalized spacial score (nSPS) is 36.2. The molecule has 1 aliphatic carbocycles. The molecule has 2 aliphatic heterocycles. The molecule has 0 aromatic heterocycles. The van der Waals surface area contributed by atoms with Crippen LogP contribution in [0.2, 0.25) is 0 Å². The Labute approximate surface area is 118 Å². The van der Waals surface area contributed by atoms with Crippen molar-refractivity contribution in [3.05, 3.63) is 0 Å². The summed E-state index contributed by atoms with van der Waals surface area (Å²) in [5.74, 6) is 0.766. The van der Waals surface area contributed by atoms with Gasteiger partial charge in [-0.2, -0.15) is 0 Å². The van der Waals surface area contributed by atoms with Crippen LogP contribution in [0.4, 0.5) is 0 Å². The second kappa shape index (κ2) is 5.71. The third-order valence-corrected chi connectivity index (χ3v) is 5.89. The van der Waals surface area contributed by atoms with E-state index in [1.54, 1.807) is 0 Å². The Morgan fingerprint density at radius 3 is 2.53 bits per heavy atom. The first-order valence-electron chi connectivity index (χ1n) is 8.34. The van der Waals surface area contributed by atoms with E-state index < -0.39 is 0 Å². The monoisotopic (exact) mass is 265 g/mol. The quantitative estimate of drug-likeness (QED) is 0.819. The number of nitrogens with one attached hydrogen (secondary N) is 1. The number of likely N-dealkylation sites (N-methyl/N-ethyl adjacent to an activating group) is 1. The lowest BCUT2D eigenvalue weighted by atomic mass is 9.99. The molecule has 19 heavy (non-hydrogen) atoms. The van der Waals surface area contributed by atoms with E-state index in [0.29, 0.717) is 0 Å². The standard InChI is InChI=1S/C16H31N3/c1-12(10-17-14-4-5-14)13(2)19-9-8-15-6-7-16(11-19)18(15)3/h12-17H,4-11H2,1-3H3. The number of fused-ring (bicyclic) bond motifs is 2. The minimum absolute atomic E-state index is 0.721. The van der Waals surface area contributed by atoms with Crippen molar-refractivity contribution in [3.63, 3.8) is 0 Å². The topological polar surface area (TPSA) is 18.5 Å². The SMILES string of the molecule is CC(CNC1CC1)C(C)N1CCC2CCC(C1)N2C. The Morgan fingerprint density at radius 2 is 1.79 bits per heavy atom. The molecule has 3 heteroatoms. The van der Waals surface area contributed by atoms with Gasteiger partial charge in [-0.05, 0) is 65.1 Å². The highest BCUT2D eigenvalue weighted by Gasteiger charge is 2.36. The molecule has 3 nitrogen and oxygen atoms in total. The van der Waals surface area contributed by atoms with E-state index in [2.05, 4.69) is 36.0 Å². The average Bonchev–Trinajstić information content (AvgIpc) is 3.15. The van der Waals surface area contributed by atoms with Gasteiger partial charge in [0.05, 0.1) is 0 Å². The second-order valence-electron chi connectivity index (χ2n) is 7.23. The molecule has 3 fully saturated rings. The lowest BCUT2D eigenvalue weighted by molar-refractivity contribution is 0.142. The predicted molar refractivity (Wildman–Crippen MR) is 80.4 cm³/mol. The van der Waals surface area contributed by atoms with E-state index in [1.165, 1.54) is 51.7 Å². The summed E-state index contributed by atoms with van der Waals surface area (Å²) in [5, 5.41) is 3.70. The molecule has 2 saturated heterocycles. The van der Waals surface area contributed by atoms with Crippen LogP contribution in [-0.2, 0) is 0 Å². The fraction of sp³-hybridized carbons (Fsp3) is 1.00. The van der Waals surface area contributed by atoms with Gasteiger partial charge in [0, 0.05) is 30.7 Å². The van der Waals surface area contributed by atoms with E-state index >= 15 is 0 Å². The van der Waals surface area contributed by atoms with Crippen molar-refractivity contribution >= 4 is 0 Å². The summed E-state index contributed by atoms with van der Waals surface area (Å²) >= 11 is 0. The van der Waals surface area contributed by atoms with Crippen molar-refractivity contribution in [2.75, 3.05) is 26.7 Å². The molecule has 1 saturated carbocycles. The molecule has 3 aliphatic rings. The molecule has 0 spiro atoms. The van der Waals surface area contributed by atoms with Gasteiger partial charge in [-0.25, -0.2) is 0 Å². The molecule has 0 aromatic rings. The Balaban J connectivity index is 1.52. The maximum absolute atomic E-state index is 3.70. The van der Waals surface area contributed by atoms with Gasteiger partial charge in [-0.15, -0.1) is 0 Å². The van der Waals surface area contributed by atoms with Gasteiger partial charge in [0.15, 0.2) is 0 Å². The van der Waals surface area contributed by atoms with E-state index in [-0.39, 0.29) is 0 Å². The van der Waals surface area contributed by atoms with Crippen molar-refractivity contribution in [2.45, 2.75) is 70.1 Å². The van der Waals surface area contributed by atoms with Gasteiger partial charge in [0.1, 0.15) is 0 Å². The van der Waals surface area contributed by atoms with Gasteiger partial charge < -0.3 is 5.32 Å². The summed E-state index contributed by atoms with van der Waals surface area (Å²) in [6.45, 7) is 8.67. The highest BCUT2D eigenvalue weighted by atomic mass is 15.3. The van der Waals surface area contributed by atoms with Crippen LogP contribution in [0.3, 0.4) is 0 Å². The van der Waals surface area contributed by atoms with E-state index in [4.69, 9.17) is 0 Å². The molecule has 0 aromatic carbocycles. The van der Waals surface area contributed by atoms with Crippen molar-refractivity contribution < 1.29 is 0 Å². The maximum Gasteiger partial charge on any atom is 0.0223 e. The Kier molecular flexibility index (Phi) is 4.16. The molecule has 0 radical (unpaired) electrons. The second-order valence-corrected chi connectivity index (χ2v) is 7.23. The molecule has 2 heterocycles. The molecule has 0 amide bonds. The van der Waals surface area contributed by atoms with Crippen LogP contribution in [-0.4, -0.2) is 60.6 Å². The number of nitrogens with zero attached hydrogens (tertiary/aromatic N) is 2. The van der Waals surface area contributed by atoms with Crippen LogP contribution in [0.1, 0.15) is 46.0 Å². The van der Waals surface area contributed by atoms with Crippen molar-refractivity contribution in [2.24, 2.45) is 5.92 Å². The predicted octanol–water partition coefficient (Wildman–Crippen LogP) is 1.93. The summed E-state index contributed by atoms with van der Waals surface area (Å²) in [5.41, 5.74) is 0. The minimum atomic E-state index is 0.721. The van der Waals surface area contributed by atoms with Crippen molar-refractivity contribution in [3.8, 4) is 0 Å². The first-order valence-corrected chi connectivity index (χ1v) is 8.34. The zero-order valence-corrected chi connectivity index (χ0v) is 12.9. The first-order chi connectivity index (χ1) is 9.15. The lowest BCUT2D eigenvalue weighted by Crippen LogP contribution is -2.45. The van der Waals surface area contributed by atoms with E-state index in [0.717, 1.165) is 30.1 Å². The Morgan fingerprint density at radius 1 is 1.05 bits per heavy atom. The molecule has 2 bridgehead atoms. The van der Waals surface area contributed by atoms with Crippen LogP contribution in [0, 0.1) is 5.92 Å². The van der Waals surface area contributed by atoms with Crippen LogP contribution in [0.15, 0.2) is 0 Å². The highest BCUT2D eigenvalue weighted by molar-refractivity contribution is 4.93. The van der Waals surface area contributed by atoms with Gasteiger partial charge in [-0.1, -0.05) is 6.92 Å².